The number of rotatable bonds is 2. The Morgan fingerprint density at radius 3 is 3.00 bits per heavy atom. The van der Waals surface area contributed by atoms with Crippen molar-refractivity contribution in [2.75, 3.05) is 11.4 Å². The SMILES string of the molecule is CCC1CNC(=O)N1c1cccc(Br)c1C. The average Bonchev–Trinajstić information content (AvgIpc) is 2.64. The summed E-state index contributed by atoms with van der Waals surface area (Å²) in [5.74, 6) is 0. The van der Waals surface area contributed by atoms with Crippen LogP contribution in [0, 0.1) is 6.92 Å². The molecule has 1 heterocycles. The molecule has 0 radical (unpaired) electrons. The van der Waals surface area contributed by atoms with Gasteiger partial charge in [0.1, 0.15) is 0 Å². The number of urea groups is 1. The van der Waals surface area contributed by atoms with Gasteiger partial charge in [-0.05, 0) is 31.0 Å². The Kier molecular flexibility index (Phi) is 3.19. The van der Waals surface area contributed by atoms with Crippen molar-refractivity contribution in [3.05, 3.63) is 28.2 Å². The van der Waals surface area contributed by atoms with Gasteiger partial charge in [-0.1, -0.05) is 28.9 Å². The predicted octanol–water partition coefficient (Wildman–Crippen LogP) is 3.07. The minimum atomic E-state index is 0.00745. The van der Waals surface area contributed by atoms with Crippen molar-refractivity contribution in [2.45, 2.75) is 26.3 Å². The van der Waals surface area contributed by atoms with E-state index in [1.165, 1.54) is 0 Å². The van der Waals surface area contributed by atoms with Crippen LogP contribution in [-0.2, 0) is 0 Å². The van der Waals surface area contributed by atoms with E-state index in [1.807, 2.05) is 30.0 Å². The van der Waals surface area contributed by atoms with E-state index in [-0.39, 0.29) is 12.1 Å². The maximum atomic E-state index is 11.8. The van der Waals surface area contributed by atoms with Gasteiger partial charge < -0.3 is 5.32 Å². The molecule has 86 valence electrons. The lowest BCUT2D eigenvalue weighted by Crippen LogP contribution is -2.34. The topological polar surface area (TPSA) is 32.3 Å². The smallest absolute Gasteiger partial charge is 0.322 e. The van der Waals surface area contributed by atoms with Crippen LogP contribution in [0.15, 0.2) is 22.7 Å². The molecule has 3 nitrogen and oxygen atoms in total. The van der Waals surface area contributed by atoms with Gasteiger partial charge in [0.15, 0.2) is 0 Å². The van der Waals surface area contributed by atoms with E-state index < -0.39 is 0 Å². The number of carbonyl (C=O) groups is 1. The first-order valence-corrected chi connectivity index (χ1v) is 6.26. The highest BCUT2D eigenvalue weighted by atomic mass is 79.9. The summed E-state index contributed by atoms with van der Waals surface area (Å²) >= 11 is 3.50. The van der Waals surface area contributed by atoms with E-state index in [9.17, 15) is 4.79 Å². The number of anilines is 1. The molecule has 1 unspecified atom stereocenters. The van der Waals surface area contributed by atoms with E-state index in [4.69, 9.17) is 0 Å². The summed E-state index contributed by atoms with van der Waals surface area (Å²) < 4.78 is 1.04. The zero-order valence-corrected chi connectivity index (χ0v) is 11.0. The van der Waals surface area contributed by atoms with Crippen LogP contribution in [0.25, 0.3) is 0 Å². The minimum Gasteiger partial charge on any atom is -0.336 e. The molecule has 0 aromatic heterocycles. The molecule has 1 saturated heterocycles. The number of nitrogens with one attached hydrogen (secondary N) is 1. The van der Waals surface area contributed by atoms with Crippen LogP contribution in [-0.4, -0.2) is 18.6 Å². The van der Waals surface area contributed by atoms with Gasteiger partial charge in [0.05, 0.1) is 6.04 Å². The molecule has 1 aromatic rings. The van der Waals surface area contributed by atoms with Crippen molar-refractivity contribution in [1.82, 2.24) is 5.32 Å². The molecular formula is C12H15BrN2O. The molecule has 0 aliphatic carbocycles. The van der Waals surface area contributed by atoms with Crippen molar-refractivity contribution < 1.29 is 4.79 Å². The summed E-state index contributed by atoms with van der Waals surface area (Å²) in [5.41, 5.74) is 2.11. The molecule has 1 N–H and O–H groups in total. The number of hydrogen-bond donors (Lipinski definition) is 1. The Morgan fingerprint density at radius 1 is 1.56 bits per heavy atom. The van der Waals surface area contributed by atoms with Crippen LogP contribution in [0.3, 0.4) is 0 Å². The molecule has 1 aliphatic heterocycles. The van der Waals surface area contributed by atoms with E-state index >= 15 is 0 Å². The summed E-state index contributed by atoms with van der Waals surface area (Å²) in [7, 11) is 0. The van der Waals surface area contributed by atoms with Gasteiger partial charge >= 0.3 is 6.03 Å². The molecule has 2 rings (SSSR count). The van der Waals surface area contributed by atoms with E-state index in [0.717, 1.165) is 28.7 Å². The Balaban J connectivity index is 2.42. The third-order valence-corrected chi connectivity index (χ3v) is 3.90. The lowest BCUT2D eigenvalue weighted by Gasteiger charge is -2.24. The van der Waals surface area contributed by atoms with E-state index in [2.05, 4.69) is 28.2 Å². The molecular weight excluding hydrogens is 268 g/mol. The first-order chi connectivity index (χ1) is 7.65. The summed E-state index contributed by atoms with van der Waals surface area (Å²) in [6, 6.07) is 6.22. The quantitative estimate of drug-likeness (QED) is 0.888. The van der Waals surface area contributed by atoms with Crippen LogP contribution in [0.5, 0.6) is 0 Å². The van der Waals surface area contributed by atoms with Crippen LogP contribution < -0.4 is 10.2 Å². The fourth-order valence-corrected chi connectivity index (χ4v) is 2.39. The number of carbonyl (C=O) groups excluding carboxylic acids is 1. The molecule has 4 heteroatoms. The third kappa shape index (κ3) is 1.82. The Bertz CT molecular complexity index is 419. The highest BCUT2D eigenvalue weighted by Gasteiger charge is 2.31. The van der Waals surface area contributed by atoms with Crippen LogP contribution in [0.2, 0.25) is 0 Å². The molecule has 0 bridgehead atoms. The normalized spacial score (nSPS) is 20.1. The van der Waals surface area contributed by atoms with E-state index in [1.54, 1.807) is 0 Å². The predicted molar refractivity (Wildman–Crippen MR) is 68.8 cm³/mol. The zero-order chi connectivity index (χ0) is 11.7. The van der Waals surface area contributed by atoms with Gasteiger partial charge in [0.2, 0.25) is 0 Å². The van der Waals surface area contributed by atoms with Crippen LogP contribution >= 0.6 is 15.9 Å². The average molecular weight is 283 g/mol. The number of halogens is 1. The number of nitrogens with zero attached hydrogens (tertiary/aromatic N) is 1. The van der Waals surface area contributed by atoms with Crippen molar-refractivity contribution in [1.29, 1.82) is 0 Å². The second-order valence-electron chi connectivity index (χ2n) is 4.00. The second kappa shape index (κ2) is 4.45. The van der Waals surface area contributed by atoms with Crippen LogP contribution in [0.4, 0.5) is 10.5 Å². The van der Waals surface area contributed by atoms with E-state index in [0.29, 0.717) is 0 Å². The Hall–Kier alpha value is -1.03. The zero-order valence-electron chi connectivity index (χ0n) is 9.46. The Morgan fingerprint density at radius 2 is 2.31 bits per heavy atom. The number of hydrogen-bond acceptors (Lipinski definition) is 1. The van der Waals surface area contributed by atoms with Gasteiger partial charge in [0.25, 0.3) is 0 Å². The minimum absolute atomic E-state index is 0.00745. The molecule has 1 fully saturated rings. The van der Waals surface area contributed by atoms with Crippen LogP contribution in [0.1, 0.15) is 18.9 Å². The van der Waals surface area contributed by atoms with Crippen molar-refractivity contribution in [2.24, 2.45) is 0 Å². The first-order valence-electron chi connectivity index (χ1n) is 5.47. The molecule has 1 aromatic carbocycles. The number of benzene rings is 1. The van der Waals surface area contributed by atoms with Gasteiger partial charge in [-0.15, -0.1) is 0 Å². The molecule has 1 aliphatic rings. The fraction of sp³-hybridized carbons (Fsp3) is 0.417. The largest absolute Gasteiger partial charge is 0.336 e. The monoisotopic (exact) mass is 282 g/mol. The molecule has 0 saturated carbocycles. The lowest BCUT2D eigenvalue weighted by atomic mass is 10.1. The van der Waals surface area contributed by atoms with Gasteiger partial charge in [-0.2, -0.15) is 0 Å². The second-order valence-corrected chi connectivity index (χ2v) is 4.86. The summed E-state index contributed by atoms with van der Waals surface area (Å²) in [6.07, 6.45) is 0.963. The van der Waals surface area contributed by atoms with Gasteiger partial charge in [-0.3, -0.25) is 4.90 Å². The highest BCUT2D eigenvalue weighted by Crippen LogP contribution is 2.30. The van der Waals surface area contributed by atoms with Gasteiger partial charge in [-0.25, -0.2) is 4.79 Å². The van der Waals surface area contributed by atoms with Gasteiger partial charge in [0, 0.05) is 16.7 Å². The fourth-order valence-electron chi connectivity index (χ4n) is 2.04. The molecule has 1 atom stereocenters. The summed E-state index contributed by atoms with van der Waals surface area (Å²) in [4.78, 5) is 13.7. The maximum Gasteiger partial charge on any atom is 0.322 e. The maximum absolute atomic E-state index is 11.8. The summed E-state index contributed by atoms with van der Waals surface area (Å²) in [5, 5.41) is 2.89. The third-order valence-electron chi connectivity index (χ3n) is 3.04. The van der Waals surface area contributed by atoms with Crippen molar-refractivity contribution in [3.63, 3.8) is 0 Å². The molecule has 16 heavy (non-hydrogen) atoms. The first kappa shape index (κ1) is 11.5. The highest BCUT2D eigenvalue weighted by molar-refractivity contribution is 9.10. The number of amides is 2. The molecule has 0 spiro atoms. The van der Waals surface area contributed by atoms with Crippen molar-refractivity contribution in [3.8, 4) is 0 Å². The molecule has 2 amide bonds. The lowest BCUT2D eigenvalue weighted by molar-refractivity contribution is 0.251. The standard InChI is InChI=1S/C12H15BrN2O/c1-3-9-7-14-12(16)15(9)11-6-4-5-10(13)8(11)2/h4-6,9H,3,7H2,1-2H3,(H,14,16). The van der Waals surface area contributed by atoms with Crippen molar-refractivity contribution >= 4 is 27.6 Å². The Labute approximate surface area is 104 Å². The summed E-state index contributed by atoms with van der Waals surface area (Å²) in [6.45, 7) is 4.87.